The molecule has 126 valence electrons. The van der Waals surface area contributed by atoms with Gasteiger partial charge in [0.05, 0.1) is 23.0 Å². The average molecular weight is 342 g/mol. The molecule has 1 aromatic rings. The van der Waals surface area contributed by atoms with Crippen LogP contribution in [0, 0.1) is 11.7 Å². The normalized spacial score (nSPS) is 27.9. The van der Waals surface area contributed by atoms with E-state index >= 15 is 0 Å². The van der Waals surface area contributed by atoms with E-state index in [0.717, 1.165) is 12.1 Å². The average Bonchev–Trinajstić information content (AvgIpc) is 2.80. The number of hydrogen-bond acceptors (Lipinski definition) is 4. The third-order valence-electron chi connectivity index (χ3n) is 4.33. The number of amides is 1. The summed E-state index contributed by atoms with van der Waals surface area (Å²) in [5.41, 5.74) is 0. The predicted octanol–water partition coefficient (Wildman–Crippen LogP) is 0.692. The quantitative estimate of drug-likeness (QED) is 0.811. The number of sulfonamides is 1. The van der Waals surface area contributed by atoms with E-state index in [1.54, 1.807) is 14.1 Å². The van der Waals surface area contributed by atoms with E-state index in [4.69, 9.17) is 4.74 Å². The Labute approximate surface area is 134 Å². The Balaban J connectivity index is 1.81. The molecular formula is C15H19FN2O4S. The molecule has 0 aromatic heterocycles. The van der Waals surface area contributed by atoms with Crippen LogP contribution >= 0.6 is 0 Å². The molecule has 1 aromatic carbocycles. The second kappa shape index (κ2) is 5.85. The van der Waals surface area contributed by atoms with Crippen molar-refractivity contribution >= 4 is 15.9 Å². The van der Waals surface area contributed by atoms with Crippen LogP contribution < -0.4 is 0 Å². The Bertz CT molecular complexity index is 705. The molecule has 6 nitrogen and oxygen atoms in total. The van der Waals surface area contributed by atoms with Crippen LogP contribution in [0.15, 0.2) is 29.2 Å². The van der Waals surface area contributed by atoms with Gasteiger partial charge in [0.1, 0.15) is 5.82 Å². The molecule has 1 amide bonds. The lowest BCUT2D eigenvalue weighted by Crippen LogP contribution is -2.47. The van der Waals surface area contributed by atoms with Gasteiger partial charge in [-0.05, 0) is 30.7 Å². The van der Waals surface area contributed by atoms with Crippen molar-refractivity contribution in [1.82, 2.24) is 9.21 Å². The number of fused-ring (bicyclic) bond motifs is 2. The summed E-state index contributed by atoms with van der Waals surface area (Å²) in [7, 11) is -0.356. The highest BCUT2D eigenvalue weighted by atomic mass is 32.2. The number of nitrogens with zero attached hydrogens (tertiary/aromatic N) is 2. The maximum absolute atomic E-state index is 13.0. The zero-order chi connectivity index (χ0) is 16.8. The van der Waals surface area contributed by atoms with E-state index in [1.165, 1.54) is 21.3 Å². The molecule has 0 aliphatic carbocycles. The lowest BCUT2D eigenvalue weighted by molar-refractivity contribution is -0.135. The summed E-state index contributed by atoms with van der Waals surface area (Å²) in [5.74, 6) is -0.843. The largest absolute Gasteiger partial charge is 0.371 e. The van der Waals surface area contributed by atoms with Gasteiger partial charge in [-0.3, -0.25) is 4.79 Å². The van der Waals surface area contributed by atoms with Crippen molar-refractivity contribution in [3.63, 3.8) is 0 Å². The minimum atomic E-state index is -3.71. The second-order valence-corrected chi connectivity index (χ2v) is 8.09. The van der Waals surface area contributed by atoms with Gasteiger partial charge < -0.3 is 9.64 Å². The summed E-state index contributed by atoms with van der Waals surface area (Å²) in [6.07, 6.45) is -0.186. The fraction of sp³-hybridized carbons (Fsp3) is 0.533. The van der Waals surface area contributed by atoms with Gasteiger partial charge >= 0.3 is 0 Å². The molecule has 2 heterocycles. The fourth-order valence-electron chi connectivity index (χ4n) is 3.17. The number of carbonyl (C=O) groups is 1. The molecule has 8 heteroatoms. The maximum Gasteiger partial charge on any atom is 0.243 e. The first-order chi connectivity index (χ1) is 10.8. The monoisotopic (exact) mass is 342 g/mol. The van der Waals surface area contributed by atoms with Crippen LogP contribution in [0.4, 0.5) is 4.39 Å². The van der Waals surface area contributed by atoms with Gasteiger partial charge in [-0.2, -0.15) is 4.31 Å². The number of morpholine rings is 1. The molecule has 2 aliphatic rings. The Morgan fingerprint density at radius 3 is 2.52 bits per heavy atom. The number of halogens is 1. The van der Waals surface area contributed by atoms with Crippen molar-refractivity contribution < 1.29 is 22.3 Å². The summed E-state index contributed by atoms with van der Waals surface area (Å²) < 4.78 is 45.4. The lowest BCUT2D eigenvalue weighted by Gasteiger charge is -2.32. The van der Waals surface area contributed by atoms with Crippen LogP contribution in [0.3, 0.4) is 0 Å². The van der Waals surface area contributed by atoms with Gasteiger partial charge in [0.25, 0.3) is 0 Å². The molecule has 2 aliphatic heterocycles. The van der Waals surface area contributed by atoms with Gasteiger partial charge in [-0.1, -0.05) is 0 Å². The molecule has 0 spiro atoms. The highest BCUT2D eigenvalue weighted by Gasteiger charge is 2.47. The summed E-state index contributed by atoms with van der Waals surface area (Å²) in [4.78, 5) is 13.7. The standard InChI is InChI=1S/C15H19FN2O4S/c1-17(2)15(19)13-7-11-8-18(9-14(13)22-11)23(20,21)12-5-3-10(16)4-6-12/h3-6,11,13-14H,7-9H2,1-2H3. The van der Waals surface area contributed by atoms with Gasteiger partial charge in [-0.25, -0.2) is 12.8 Å². The Hall–Kier alpha value is -1.51. The maximum atomic E-state index is 13.0. The van der Waals surface area contributed by atoms with Crippen molar-refractivity contribution in [3.8, 4) is 0 Å². The Morgan fingerprint density at radius 2 is 1.91 bits per heavy atom. The molecule has 0 saturated carbocycles. The summed E-state index contributed by atoms with van der Waals surface area (Å²) in [5, 5.41) is 0. The highest BCUT2D eigenvalue weighted by molar-refractivity contribution is 7.89. The zero-order valence-corrected chi connectivity index (χ0v) is 13.8. The predicted molar refractivity (Wildman–Crippen MR) is 80.6 cm³/mol. The molecule has 3 rings (SSSR count). The van der Waals surface area contributed by atoms with Gasteiger partial charge in [0, 0.05) is 27.2 Å². The summed E-state index contributed by atoms with van der Waals surface area (Å²) >= 11 is 0. The van der Waals surface area contributed by atoms with Crippen molar-refractivity contribution in [1.29, 1.82) is 0 Å². The lowest BCUT2D eigenvalue weighted by atomic mass is 9.99. The molecule has 2 fully saturated rings. The van der Waals surface area contributed by atoms with Crippen molar-refractivity contribution in [3.05, 3.63) is 30.1 Å². The molecule has 23 heavy (non-hydrogen) atoms. The van der Waals surface area contributed by atoms with E-state index in [9.17, 15) is 17.6 Å². The van der Waals surface area contributed by atoms with E-state index in [0.29, 0.717) is 6.42 Å². The van der Waals surface area contributed by atoms with Gasteiger partial charge in [-0.15, -0.1) is 0 Å². The minimum absolute atomic E-state index is 0.0430. The SMILES string of the molecule is CN(C)C(=O)C1CC2CN(S(=O)(=O)c3ccc(F)cc3)CC1O2. The Kier molecular flexibility index (Phi) is 4.16. The molecule has 2 bridgehead atoms. The van der Waals surface area contributed by atoms with E-state index in [1.807, 2.05) is 0 Å². The third kappa shape index (κ3) is 2.98. The van der Waals surface area contributed by atoms with Crippen molar-refractivity contribution in [2.45, 2.75) is 23.5 Å². The van der Waals surface area contributed by atoms with E-state index in [2.05, 4.69) is 0 Å². The fourth-order valence-corrected chi connectivity index (χ4v) is 4.65. The van der Waals surface area contributed by atoms with Crippen LogP contribution in [0.25, 0.3) is 0 Å². The first-order valence-corrected chi connectivity index (χ1v) is 8.85. The highest BCUT2D eigenvalue weighted by Crippen LogP contribution is 2.35. The van der Waals surface area contributed by atoms with Crippen LogP contribution in [0.5, 0.6) is 0 Å². The first kappa shape index (κ1) is 16.4. The third-order valence-corrected chi connectivity index (χ3v) is 6.18. The van der Waals surface area contributed by atoms with E-state index in [-0.39, 0.29) is 35.9 Å². The Morgan fingerprint density at radius 1 is 1.26 bits per heavy atom. The number of carbonyl (C=O) groups excluding carboxylic acids is 1. The molecule has 3 atom stereocenters. The van der Waals surface area contributed by atoms with Gasteiger partial charge in [0.15, 0.2) is 0 Å². The van der Waals surface area contributed by atoms with Crippen LogP contribution in [0.1, 0.15) is 6.42 Å². The van der Waals surface area contributed by atoms with Crippen LogP contribution in [-0.4, -0.2) is 62.9 Å². The van der Waals surface area contributed by atoms with Crippen LogP contribution in [-0.2, 0) is 19.6 Å². The number of ether oxygens (including phenoxy) is 1. The van der Waals surface area contributed by atoms with E-state index < -0.39 is 21.9 Å². The molecule has 3 unspecified atom stereocenters. The van der Waals surface area contributed by atoms with Crippen molar-refractivity contribution in [2.24, 2.45) is 5.92 Å². The molecule has 0 radical (unpaired) electrons. The summed E-state index contributed by atoms with van der Waals surface area (Å²) in [6.45, 7) is 0.355. The second-order valence-electron chi connectivity index (χ2n) is 6.15. The number of benzene rings is 1. The van der Waals surface area contributed by atoms with Crippen molar-refractivity contribution in [2.75, 3.05) is 27.2 Å². The number of hydrogen-bond donors (Lipinski definition) is 0. The number of rotatable bonds is 3. The topological polar surface area (TPSA) is 66.9 Å². The summed E-state index contributed by atoms with van der Waals surface area (Å²) in [6, 6.07) is 4.76. The molecule has 2 saturated heterocycles. The van der Waals surface area contributed by atoms with Gasteiger partial charge in [0.2, 0.25) is 15.9 Å². The zero-order valence-electron chi connectivity index (χ0n) is 13.0. The minimum Gasteiger partial charge on any atom is -0.371 e. The molecular weight excluding hydrogens is 323 g/mol. The molecule has 0 N–H and O–H groups in total. The van der Waals surface area contributed by atoms with Crippen LogP contribution in [0.2, 0.25) is 0 Å². The smallest absolute Gasteiger partial charge is 0.243 e. The first-order valence-electron chi connectivity index (χ1n) is 7.41.